The lowest BCUT2D eigenvalue weighted by Gasteiger charge is -2.16. The molecule has 0 fully saturated rings. The zero-order valence-corrected chi connectivity index (χ0v) is 13.3. The first-order valence-corrected chi connectivity index (χ1v) is 8.25. The fourth-order valence-electron chi connectivity index (χ4n) is 3.36. The van der Waals surface area contributed by atoms with Crippen LogP contribution in [0, 0.1) is 0 Å². The lowest BCUT2D eigenvalue weighted by atomic mass is 10.1. The number of para-hydroxylation sites is 2. The van der Waals surface area contributed by atoms with Crippen LogP contribution >= 0.6 is 0 Å². The van der Waals surface area contributed by atoms with Crippen LogP contribution in [0.2, 0.25) is 0 Å². The number of hydrogen-bond acceptors (Lipinski definition) is 2. The van der Waals surface area contributed by atoms with E-state index >= 15 is 0 Å². The number of carbonyl (C=O) groups is 2. The summed E-state index contributed by atoms with van der Waals surface area (Å²) < 4.78 is 2.24. The molecule has 0 bridgehead atoms. The summed E-state index contributed by atoms with van der Waals surface area (Å²) in [4.78, 5) is 25.7. The number of Topliss-reactive ketones (excluding diaryl/α,β-unsaturated/α-hetero) is 1. The van der Waals surface area contributed by atoms with Crippen LogP contribution in [-0.2, 0) is 11.3 Å². The van der Waals surface area contributed by atoms with E-state index in [4.69, 9.17) is 0 Å². The molecule has 24 heavy (non-hydrogen) atoms. The van der Waals surface area contributed by atoms with Crippen molar-refractivity contribution in [3.8, 4) is 0 Å². The number of unbranched alkanes of at least 4 members (excludes halogenated alkanes) is 1. The third kappa shape index (κ3) is 2.40. The van der Waals surface area contributed by atoms with E-state index in [1.54, 1.807) is 17.0 Å². The maximum absolute atomic E-state index is 12.1. The van der Waals surface area contributed by atoms with Gasteiger partial charge in [-0.25, -0.2) is 0 Å². The molecule has 1 aliphatic rings. The summed E-state index contributed by atoms with van der Waals surface area (Å²) in [5, 5.41) is 1.24. The molecule has 3 aromatic rings. The van der Waals surface area contributed by atoms with Gasteiger partial charge in [0.25, 0.3) is 11.7 Å². The highest BCUT2D eigenvalue weighted by molar-refractivity contribution is 6.52. The average Bonchev–Trinajstić information content (AvgIpc) is 3.13. The van der Waals surface area contributed by atoms with Gasteiger partial charge in [-0.15, -0.1) is 0 Å². The first-order valence-electron chi connectivity index (χ1n) is 8.25. The van der Waals surface area contributed by atoms with Crippen molar-refractivity contribution in [3.63, 3.8) is 0 Å². The standard InChI is InChI=1S/C20H18N2O2/c23-19-16-8-2-4-10-18(16)22(20(19)24)13-6-5-12-21-14-11-15-7-1-3-9-17(15)21/h1-4,7-11,14H,5-6,12-13H2. The van der Waals surface area contributed by atoms with Crippen molar-refractivity contribution < 1.29 is 9.59 Å². The van der Waals surface area contributed by atoms with Gasteiger partial charge in [0.05, 0.1) is 11.3 Å². The molecule has 4 nitrogen and oxygen atoms in total. The van der Waals surface area contributed by atoms with E-state index in [9.17, 15) is 9.59 Å². The van der Waals surface area contributed by atoms with E-state index in [-0.39, 0.29) is 5.78 Å². The first kappa shape index (κ1) is 14.7. The van der Waals surface area contributed by atoms with E-state index in [0.29, 0.717) is 12.1 Å². The molecule has 0 atom stereocenters. The molecule has 0 saturated carbocycles. The third-order valence-corrected chi connectivity index (χ3v) is 4.59. The predicted octanol–water partition coefficient (Wildman–Crippen LogP) is 3.65. The van der Waals surface area contributed by atoms with Crippen molar-refractivity contribution in [1.29, 1.82) is 0 Å². The molecule has 2 aromatic carbocycles. The highest BCUT2D eigenvalue weighted by Crippen LogP contribution is 2.28. The van der Waals surface area contributed by atoms with E-state index < -0.39 is 5.91 Å². The number of amides is 1. The molecule has 4 rings (SSSR count). The summed E-state index contributed by atoms with van der Waals surface area (Å²) in [6.07, 6.45) is 3.92. The lowest BCUT2D eigenvalue weighted by molar-refractivity contribution is -0.114. The maximum atomic E-state index is 12.1. The Kier molecular flexibility index (Phi) is 3.65. The molecule has 0 saturated heterocycles. The van der Waals surface area contributed by atoms with Crippen molar-refractivity contribution in [2.75, 3.05) is 11.4 Å². The largest absolute Gasteiger partial charge is 0.347 e. The summed E-state index contributed by atoms with van der Waals surface area (Å²) in [6.45, 7) is 1.49. The molecule has 4 heteroatoms. The van der Waals surface area contributed by atoms with Gasteiger partial charge in [-0.1, -0.05) is 30.3 Å². The van der Waals surface area contributed by atoms with Crippen molar-refractivity contribution in [1.82, 2.24) is 4.57 Å². The van der Waals surface area contributed by atoms with Crippen LogP contribution in [0.15, 0.2) is 60.8 Å². The molecule has 0 unspecified atom stereocenters. The van der Waals surface area contributed by atoms with E-state index in [1.807, 2.05) is 24.3 Å². The Labute approximate surface area is 140 Å². The number of aromatic nitrogens is 1. The Morgan fingerprint density at radius 2 is 1.54 bits per heavy atom. The maximum Gasteiger partial charge on any atom is 0.299 e. The molecule has 0 spiro atoms. The minimum atomic E-state index is -0.400. The van der Waals surface area contributed by atoms with Crippen LogP contribution in [0.3, 0.4) is 0 Å². The summed E-state index contributed by atoms with van der Waals surface area (Å²) in [5.74, 6) is -0.787. The Morgan fingerprint density at radius 3 is 2.46 bits per heavy atom. The number of benzene rings is 2. The molecule has 120 valence electrons. The zero-order chi connectivity index (χ0) is 16.5. The number of anilines is 1. The highest BCUT2D eigenvalue weighted by atomic mass is 16.2. The van der Waals surface area contributed by atoms with Crippen LogP contribution in [0.1, 0.15) is 23.2 Å². The Balaban J connectivity index is 1.40. The van der Waals surface area contributed by atoms with Gasteiger partial charge in [-0.2, -0.15) is 0 Å². The quantitative estimate of drug-likeness (QED) is 0.532. The molecule has 0 N–H and O–H groups in total. The lowest BCUT2D eigenvalue weighted by Crippen LogP contribution is -2.30. The second kappa shape index (κ2) is 5.96. The second-order valence-electron chi connectivity index (χ2n) is 6.08. The van der Waals surface area contributed by atoms with Crippen molar-refractivity contribution >= 4 is 28.3 Å². The van der Waals surface area contributed by atoms with E-state index in [1.165, 1.54) is 10.9 Å². The number of rotatable bonds is 5. The molecule has 1 aliphatic heterocycles. The monoisotopic (exact) mass is 318 g/mol. The van der Waals surface area contributed by atoms with Gasteiger partial charge in [0, 0.05) is 24.8 Å². The Hall–Kier alpha value is -2.88. The van der Waals surface area contributed by atoms with Crippen LogP contribution in [-0.4, -0.2) is 22.8 Å². The smallest absolute Gasteiger partial charge is 0.299 e. The van der Waals surface area contributed by atoms with Crippen LogP contribution in [0.5, 0.6) is 0 Å². The molecule has 1 amide bonds. The van der Waals surface area contributed by atoms with Gasteiger partial charge in [-0.05, 0) is 42.5 Å². The number of aryl methyl sites for hydroxylation is 1. The number of fused-ring (bicyclic) bond motifs is 2. The SMILES string of the molecule is O=C1C(=O)N(CCCCn2ccc3ccccc32)c2ccccc21. The van der Waals surface area contributed by atoms with Crippen LogP contribution in [0.25, 0.3) is 10.9 Å². The third-order valence-electron chi connectivity index (χ3n) is 4.59. The Bertz CT molecular complexity index is 926. The molecular formula is C20H18N2O2. The fourth-order valence-corrected chi connectivity index (χ4v) is 3.36. The molecule has 1 aromatic heterocycles. The van der Waals surface area contributed by atoms with E-state index in [0.717, 1.165) is 25.1 Å². The van der Waals surface area contributed by atoms with Gasteiger partial charge in [0.2, 0.25) is 0 Å². The summed E-state index contributed by atoms with van der Waals surface area (Å²) in [5.41, 5.74) is 2.51. The number of nitrogens with zero attached hydrogens (tertiary/aromatic N) is 2. The van der Waals surface area contributed by atoms with Gasteiger partial charge < -0.3 is 9.47 Å². The molecule has 2 heterocycles. The second-order valence-corrected chi connectivity index (χ2v) is 6.08. The molecule has 0 aliphatic carbocycles. The number of hydrogen-bond donors (Lipinski definition) is 0. The average molecular weight is 318 g/mol. The van der Waals surface area contributed by atoms with Crippen LogP contribution in [0.4, 0.5) is 5.69 Å². The van der Waals surface area contributed by atoms with Crippen molar-refractivity contribution in [2.45, 2.75) is 19.4 Å². The summed E-state index contributed by atoms with van der Waals surface area (Å²) in [6, 6.07) is 17.7. The predicted molar refractivity (Wildman–Crippen MR) is 94.3 cm³/mol. The zero-order valence-electron chi connectivity index (χ0n) is 13.3. The summed E-state index contributed by atoms with van der Waals surface area (Å²) in [7, 11) is 0. The molecular weight excluding hydrogens is 300 g/mol. The van der Waals surface area contributed by atoms with Gasteiger partial charge >= 0.3 is 0 Å². The first-order chi connectivity index (χ1) is 11.8. The van der Waals surface area contributed by atoms with Gasteiger partial charge in [0.1, 0.15) is 0 Å². The normalized spacial score (nSPS) is 13.8. The van der Waals surface area contributed by atoms with E-state index in [2.05, 4.69) is 29.0 Å². The van der Waals surface area contributed by atoms with Gasteiger partial charge in [-0.3, -0.25) is 9.59 Å². The minimum Gasteiger partial charge on any atom is -0.347 e. The molecule has 0 radical (unpaired) electrons. The van der Waals surface area contributed by atoms with Crippen molar-refractivity contribution in [3.05, 3.63) is 66.4 Å². The number of carbonyl (C=O) groups excluding carboxylic acids is 2. The minimum absolute atomic E-state index is 0.387. The fraction of sp³-hybridized carbons (Fsp3) is 0.200. The number of ketones is 1. The van der Waals surface area contributed by atoms with Crippen molar-refractivity contribution in [2.24, 2.45) is 0 Å². The van der Waals surface area contributed by atoms with Crippen LogP contribution < -0.4 is 4.90 Å². The summed E-state index contributed by atoms with van der Waals surface area (Å²) >= 11 is 0. The highest BCUT2D eigenvalue weighted by Gasteiger charge is 2.34. The van der Waals surface area contributed by atoms with Gasteiger partial charge in [0.15, 0.2) is 0 Å². The topological polar surface area (TPSA) is 42.3 Å². The Morgan fingerprint density at radius 1 is 0.792 bits per heavy atom.